The minimum Gasteiger partial charge on any atom is -0.493 e. The average molecular weight is 188 g/mol. The molecule has 0 amide bonds. The Balaban J connectivity index is 3.00. The number of methoxy groups -OCH3 is 2. The molecule has 0 saturated heterocycles. The van der Waals surface area contributed by atoms with Crippen LogP contribution in [0, 0.1) is 0 Å². The van der Waals surface area contributed by atoms with Crippen molar-refractivity contribution in [3.8, 4) is 5.75 Å². The highest BCUT2D eigenvalue weighted by atomic mass is 35.5. The summed E-state index contributed by atoms with van der Waals surface area (Å²) < 4.78 is 9.98. The molecule has 0 atom stereocenters. The Kier molecular flexibility index (Phi) is 3.31. The first-order chi connectivity index (χ1) is 5.79. The number of halogens is 1. The van der Waals surface area contributed by atoms with E-state index in [-0.39, 0.29) is 0 Å². The maximum absolute atomic E-state index is 5.84. The average Bonchev–Trinajstić information content (AvgIpc) is 2.05. The zero-order chi connectivity index (χ0) is 8.97. The summed E-state index contributed by atoms with van der Waals surface area (Å²) in [6, 6.07) is 1.68. The number of pyridine rings is 1. The van der Waals surface area contributed by atoms with E-state index in [4.69, 9.17) is 21.1 Å². The molecule has 1 rings (SSSR count). The van der Waals surface area contributed by atoms with E-state index in [2.05, 4.69) is 4.98 Å². The molecule has 0 aliphatic heterocycles. The first-order valence-electron chi connectivity index (χ1n) is 3.46. The van der Waals surface area contributed by atoms with E-state index in [1.54, 1.807) is 26.5 Å². The van der Waals surface area contributed by atoms with Gasteiger partial charge in [0.15, 0.2) is 5.75 Å². The van der Waals surface area contributed by atoms with Crippen molar-refractivity contribution in [1.82, 2.24) is 4.98 Å². The van der Waals surface area contributed by atoms with Crippen LogP contribution in [0.2, 0.25) is 5.02 Å². The Bertz CT molecular complexity index is 265. The number of ether oxygens (including phenoxy) is 2. The Hall–Kier alpha value is -0.800. The van der Waals surface area contributed by atoms with Gasteiger partial charge in [0.2, 0.25) is 0 Å². The fraction of sp³-hybridized carbons (Fsp3) is 0.375. The molecule has 0 radical (unpaired) electrons. The first-order valence-corrected chi connectivity index (χ1v) is 3.83. The van der Waals surface area contributed by atoms with Crippen LogP contribution in [-0.4, -0.2) is 19.2 Å². The lowest BCUT2D eigenvalue weighted by Crippen LogP contribution is -1.97. The van der Waals surface area contributed by atoms with Gasteiger partial charge in [-0.1, -0.05) is 11.6 Å². The van der Waals surface area contributed by atoms with E-state index in [0.29, 0.717) is 23.1 Å². The summed E-state index contributed by atoms with van der Waals surface area (Å²) in [7, 11) is 3.16. The van der Waals surface area contributed by atoms with E-state index in [9.17, 15) is 0 Å². The van der Waals surface area contributed by atoms with Gasteiger partial charge in [0, 0.05) is 13.3 Å². The van der Waals surface area contributed by atoms with Gasteiger partial charge in [-0.2, -0.15) is 0 Å². The summed E-state index contributed by atoms with van der Waals surface area (Å²) in [4.78, 5) is 4.07. The molecule has 1 aromatic heterocycles. The summed E-state index contributed by atoms with van der Waals surface area (Å²) in [5, 5.41) is 0.555. The topological polar surface area (TPSA) is 31.4 Å². The molecule has 0 unspecified atom stereocenters. The molecule has 0 aliphatic carbocycles. The second-order valence-corrected chi connectivity index (χ2v) is 2.61. The molecule has 1 heterocycles. The maximum atomic E-state index is 5.84. The number of rotatable bonds is 3. The van der Waals surface area contributed by atoms with Crippen molar-refractivity contribution >= 4 is 11.6 Å². The van der Waals surface area contributed by atoms with Gasteiger partial charge in [-0.15, -0.1) is 0 Å². The second kappa shape index (κ2) is 4.28. The highest BCUT2D eigenvalue weighted by Gasteiger charge is 2.07. The molecule has 4 heteroatoms. The number of nitrogens with zero attached hydrogens (tertiary/aromatic N) is 1. The van der Waals surface area contributed by atoms with Crippen LogP contribution < -0.4 is 4.74 Å². The molecule has 66 valence electrons. The van der Waals surface area contributed by atoms with E-state index in [0.717, 1.165) is 0 Å². The predicted molar refractivity (Wildman–Crippen MR) is 46.5 cm³/mol. The molecular weight excluding hydrogens is 178 g/mol. The van der Waals surface area contributed by atoms with Gasteiger partial charge in [0.25, 0.3) is 0 Å². The summed E-state index contributed by atoms with van der Waals surface area (Å²) in [6.45, 7) is 0.406. The molecule has 0 N–H and O–H groups in total. The van der Waals surface area contributed by atoms with Crippen molar-refractivity contribution in [2.45, 2.75) is 6.61 Å². The number of aromatic nitrogens is 1. The van der Waals surface area contributed by atoms with Crippen LogP contribution in [0.25, 0.3) is 0 Å². The monoisotopic (exact) mass is 187 g/mol. The zero-order valence-corrected chi connectivity index (χ0v) is 7.76. The molecule has 3 nitrogen and oxygen atoms in total. The third-order valence-electron chi connectivity index (χ3n) is 1.42. The van der Waals surface area contributed by atoms with Gasteiger partial charge >= 0.3 is 0 Å². The molecule has 0 bridgehead atoms. The standard InChI is InChI=1S/C8H10ClNO2/c1-11-5-7-8(12-2)6(9)3-4-10-7/h3-4H,5H2,1-2H3. The Morgan fingerprint density at radius 2 is 2.25 bits per heavy atom. The van der Waals surface area contributed by atoms with Crippen LogP contribution in [0.1, 0.15) is 5.69 Å². The number of hydrogen-bond donors (Lipinski definition) is 0. The maximum Gasteiger partial charge on any atom is 0.161 e. The quantitative estimate of drug-likeness (QED) is 0.724. The minimum atomic E-state index is 0.406. The Labute approximate surface area is 76.3 Å². The van der Waals surface area contributed by atoms with Crippen molar-refractivity contribution in [2.75, 3.05) is 14.2 Å². The summed E-state index contributed by atoms with van der Waals surface area (Å²) in [5.41, 5.74) is 0.715. The number of hydrogen-bond acceptors (Lipinski definition) is 3. The van der Waals surface area contributed by atoms with E-state index < -0.39 is 0 Å². The van der Waals surface area contributed by atoms with E-state index >= 15 is 0 Å². The first kappa shape index (κ1) is 9.29. The molecule has 0 aliphatic rings. The van der Waals surface area contributed by atoms with Crippen molar-refractivity contribution in [3.63, 3.8) is 0 Å². The third-order valence-corrected chi connectivity index (χ3v) is 1.71. The highest BCUT2D eigenvalue weighted by molar-refractivity contribution is 6.32. The summed E-state index contributed by atoms with van der Waals surface area (Å²) >= 11 is 5.84. The van der Waals surface area contributed by atoms with Crippen molar-refractivity contribution in [2.24, 2.45) is 0 Å². The van der Waals surface area contributed by atoms with Gasteiger partial charge < -0.3 is 9.47 Å². The van der Waals surface area contributed by atoms with Gasteiger partial charge in [-0.3, -0.25) is 4.98 Å². The molecule has 0 spiro atoms. The Morgan fingerprint density at radius 1 is 1.50 bits per heavy atom. The molecule has 0 aromatic carbocycles. The van der Waals surface area contributed by atoms with Crippen LogP contribution in [0.5, 0.6) is 5.75 Å². The predicted octanol–water partition coefficient (Wildman–Crippen LogP) is 1.89. The van der Waals surface area contributed by atoms with Crippen molar-refractivity contribution < 1.29 is 9.47 Å². The SMILES string of the molecule is COCc1nccc(Cl)c1OC. The van der Waals surface area contributed by atoms with Crippen molar-refractivity contribution in [1.29, 1.82) is 0 Å². The lowest BCUT2D eigenvalue weighted by molar-refractivity contribution is 0.178. The van der Waals surface area contributed by atoms with E-state index in [1.165, 1.54) is 0 Å². The lowest BCUT2D eigenvalue weighted by atomic mass is 10.3. The van der Waals surface area contributed by atoms with Gasteiger partial charge in [-0.25, -0.2) is 0 Å². The van der Waals surface area contributed by atoms with Crippen LogP contribution >= 0.6 is 11.6 Å². The van der Waals surface area contributed by atoms with Crippen LogP contribution in [0.15, 0.2) is 12.3 Å². The smallest absolute Gasteiger partial charge is 0.161 e. The lowest BCUT2D eigenvalue weighted by Gasteiger charge is -2.07. The highest BCUT2D eigenvalue weighted by Crippen LogP contribution is 2.26. The fourth-order valence-corrected chi connectivity index (χ4v) is 1.16. The van der Waals surface area contributed by atoms with Gasteiger partial charge in [0.05, 0.1) is 18.7 Å². The Morgan fingerprint density at radius 3 is 2.83 bits per heavy atom. The minimum absolute atomic E-state index is 0.406. The second-order valence-electron chi connectivity index (χ2n) is 2.21. The normalized spacial score (nSPS) is 9.92. The third kappa shape index (κ3) is 1.87. The molecule has 0 saturated carbocycles. The van der Waals surface area contributed by atoms with Crippen LogP contribution in [0.3, 0.4) is 0 Å². The van der Waals surface area contributed by atoms with E-state index in [1.807, 2.05) is 0 Å². The van der Waals surface area contributed by atoms with Crippen molar-refractivity contribution in [3.05, 3.63) is 23.0 Å². The largest absolute Gasteiger partial charge is 0.493 e. The fourth-order valence-electron chi connectivity index (χ4n) is 0.920. The molecular formula is C8H10ClNO2. The van der Waals surface area contributed by atoms with Gasteiger partial charge in [-0.05, 0) is 6.07 Å². The van der Waals surface area contributed by atoms with Crippen LogP contribution in [-0.2, 0) is 11.3 Å². The summed E-state index contributed by atoms with van der Waals surface area (Å²) in [5.74, 6) is 0.584. The molecule has 0 fully saturated rings. The summed E-state index contributed by atoms with van der Waals surface area (Å²) in [6.07, 6.45) is 1.62. The van der Waals surface area contributed by atoms with Crippen LogP contribution in [0.4, 0.5) is 0 Å². The zero-order valence-electron chi connectivity index (χ0n) is 7.00. The molecule has 1 aromatic rings. The van der Waals surface area contributed by atoms with Gasteiger partial charge in [0.1, 0.15) is 5.69 Å². The molecule has 12 heavy (non-hydrogen) atoms.